The lowest BCUT2D eigenvalue weighted by Crippen LogP contribution is -2.48. The highest BCUT2D eigenvalue weighted by Crippen LogP contribution is 2.21. The van der Waals surface area contributed by atoms with Gasteiger partial charge in [-0.2, -0.15) is 0 Å². The number of nitrogens with one attached hydrogen (secondary N) is 1. The van der Waals surface area contributed by atoms with Crippen molar-refractivity contribution in [3.05, 3.63) is 0 Å². The maximum absolute atomic E-state index is 12.0. The minimum atomic E-state index is -0.158. The number of ether oxygens (including phenoxy) is 1. The second kappa shape index (κ2) is 9.77. The fourth-order valence-electron chi connectivity index (χ4n) is 2.82. The van der Waals surface area contributed by atoms with Crippen molar-refractivity contribution < 1.29 is 14.3 Å². The molecule has 0 bridgehead atoms. The summed E-state index contributed by atoms with van der Waals surface area (Å²) in [5, 5.41) is 3.01. The standard InChI is InChI=1S/C16H30N2O3/c1-4-7-10-17-15(19)13-8-11-18(12-9-13)14(5-2)16(20)21-6-3/h13-14H,4-12H2,1-3H3,(H,17,19)/t14-/m0/s1. The maximum atomic E-state index is 12.0. The van der Waals surface area contributed by atoms with Crippen molar-refractivity contribution >= 4 is 11.9 Å². The molecule has 5 nitrogen and oxygen atoms in total. The lowest BCUT2D eigenvalue weighted by molar-refractivity contribution is -0.150. The van der Waals surface area contributed by atoms with Gasteiger partial charge < -0.3 is 10.1 Å². The van der Waals surface area contributed by atoms with Crippen LogP contribution < -0.4 is 5.32 Å². The second-order valence-electron chi connectivity index (χ2n) is 5.63. The molecule has 1 aliphatic heterocycles. The Kier molecular flexibility index (Phi) is 8.35. The summed E-state index contributed by atoms with van der Waals surface area (Å²) in [5.41, 5.74) is 0. The highest BCUT2D eigenvalue weighted by atomic mass is 16.5. The maximum Gasteiger partial charge on any atom is 0.323 e. The van der Waals surface area contributed by atoms with E-state index in [0.29, 0.717) is 6.61 Å². The summed E-state index contributed by atoms with van der Waals surface area (Å²) in [6.45, 7) is 8.74. The van der Waals surface area contributed by atoms with Crippen molar-refractivity contribution in [1.29, 1.82) is 0 Å². The number of hydrogen-bond acceptors (Lipinski definition) is 4. The van der Waals surface area contributed by atoms with E-state index in [2.05, 4.69) is 17.1 Å². The Morgan fingerprint density at radius 1 is 1.24 bits per heavy atom. The van der Waals surface area contributed by atoms with E-state index in [1.54, 1.807) is 0 Å². The van der Waals surface area contributed by atoms with Gasteiger partial charge in [0.2, 0.25) is 5.91 Å². The van der Waals surface area contributed by atoms with Gasteiger partial charge in [-0.15, -0.1) is 0 Å². The molecule has 5 heteroatoms. The molecular formula is C16H30N2O3. The third-order valence-corrected chi connectivity index (χ3v) is 4.12. The number of nitrogens with zero attached hydrogens (tertiary/aromatic N) is 1. The molecule has 0 spiro atoms. The molecule has 1 heterocycles. The van der Waals surface area contributed by atoms with Gasteiger partial charge >= 0.3 is 5.97 Å². The van der Waals surface area contributed by atoms with Crippen molar-refractivity contribution in [3.8, 4) is 0 Å². The van der Waals surface area contributed by atoms with E-state index in [1.807, 2.05) is 13.8 Å². The molecule has 0 aliphatic carbocycles. The van der Waals surface area contributed by atoms with Gasteiger partial charge in [0.05, 0.1) is 6.61 Å². The Bertz CT molecular complexity index is 325. The smallest absolute Gasteiger partial charge is 0.323 e. The van der Waals surface area contributed by atoms with E-state index in [4.69, 9.17) is 4.74 Å². The first kappa shape index (κ1) is 18.0. The summed E-state index contributed by atoms with van der Waals surface area (Å²) >= 11 is 0. The van der Waals surface area contributed by atoms with E-state index in [0.717, 1.165) is 51.7 Å². The first-order valence-electron chi connectivity index (χ1n) is 8.32. The van der Waals surface area contributed by atoms with Crippen molar-refractivity contribution in [2.24, 2.45) is 5.92 Å². The Morgan fingerprint density at radius 2 is 1.90 bits per heavy atom. The number of carbonyl (C=O) groups excluding carboxylic acids is 2. The number of amides is 1. The molecule has 1 amide bonds. The molecule has 1 fully saturated rings. The number of esters is 1. The second-order valence-corrected chi connectivity index (χ2v) is 5.63. The zero-order valence-corrected chi connectivity index (χ0v) is 13.7. The summed E-state index contributed by atoms with van der Waals surface area (Å²) in [7, 11) is 0. The van der Waals surface area contributed by atoms with Gasteiger partial charge in [0.1, 0.15) is 6.04 Å². The summed E-state index contributed by atoms with van der Waals surface area (Å²) in [4.78, 5) is 26.1. The number of carbonyl (C=O) groups is 2. The first-order valence-corrected chi connectivity index (χ1v) is 8.32. The molecule has 1 N–H and O–H groups in total. The summed E-state index contributed by atoms with van der Waals surface area (Å²) in [6, 6.07) is -0.158. The van der Waals surface area contributed by atoms with Crippen LogP contribution in [0.5, 0.6) is 0 Å². The van der Waals surface area contributed by atoms with Gasteiger partial charge in [-0.05, 0) is 45.7 Å². The molecule has 21 heavy (non-hydrogen) atoms. The fraction of sp³-hybridized carbons (Fsp3) is 0.875. The van der Waals surface area contributed by atoms with Gasteiger partial charge in [0.25, 0.3) is 0 Å². The minimum Gasteiger partial charge on any atom is -0.465 e. The topological polar surface area (TPSA) is 58.6 Å². The Morgan fingerprint density at radius 3 is 2.43 bits per heavy atom. The van der Waals surface area contributed by atoms with Crippen LogP contribution in [0.2, 0.25) is 0 Å². The highest BCUT2D eigenvalue weighted by molar-refractivity contribution is 5.79. The van der Waals surface area contributed by atoms with E-state index < -0.39 is 0 Å². The van der Waals surface area contributed by atoms with Crippen LogP contribution in [-0.4, -0.2) is 49.1 Å². The van der Waals surface area contributed by atoms with Crippen LogP contribution in [0.4, 0.5) is 0 Å². The van der Waals surface area contributed by atoms with Gasteiger partial charge in [-0.25, -0.2) is 0 Å². The van der Waals surface area contributed by atoms with Crippen molar-refractivity contribution in [1.82, 2.24) is 10.2 Å². The zero-order valence-electron chi connectivity index (χ0n) is 13.7. The Balaban J connectivity index is 2.39. The van der Waals surface area contributed by atoms with Crippen molar-refractivity contribution in [3.63, 3.8) is 0 Å². The molecule has 0 saturated carbocycles. The number of unbranched alkanes of at least 4 members (excludes halogenated alkanes) is 1. The van der Waals surface area contributed by atoms with Crippen LogP contribution in [0.25, 0.3) is 0 Å². The molecule has 1 saturated heterocycles. The van der Waals surface area contributed by atoms with E-state index in [-0.39, 0.29) is 23.8 Å². The average Bonchev–Trinajstić information content (AvgIpc) is 2.49. The number of hydrogen-bond donors (Lipinski definition) is 1. The lowest BCUT2D eigenvalue weighted by Gasteiger charge is -2.35. The van der Waals surface area contributed by atoms with Gasteiger partial charge in [0.15, 0.2) is 0 Å². The van der Waals surface area contributed by atoms with E-state index in [9.17, 15) is 9.59 Å². The minimum absolute atomic E-state index is 0.0952. The predicted molar refractivity (Wildman–Crippen MR) is 82.9 cm³/mol. The zero-order chi connectivity index (χ0) is 15.7. The summed E-state index contributed by atoms with van der Waals surface area (Å²) in [5.74, 6) is 0.135. The largest absolute Gasteiger partial charge is 0.465 e. The van der Waals surface area contributed by atoms with Crippen LogP contribution in [0.3, 0.4) is 0 Å². The summed E-state index contributed by atoms with van der Waals surface area (Å²) < 4.78 is 5.13. The van der Waals surface area contributed by atoms with Crippen LogP contribution in [0.15, 0.2) is 0 Å². The SMILES string of the molecule is CCCCNC(=O)C1CCN([C@@H](CC)C(=O)OCC)CC1. The van der Waals surface area contributed by atoms with Gasteiger partial charge in [-0.1, -0.05) is 20.3 Å². The fourth-order valence-corrected chi connectivity index (χ4v) is 2.82. The Labute approximate surface area is 128 Å². The molecule has 0 radical (unpaired) electrons. The molecular weight excluding hydrogens is 268 g/mol. The number of piperidine rings is 1. The molecule has 0 aromatic heterocycles. The molecule has 1 rings (SSSR count). The van der Waals surface area contributed by atoms with Crippen LogP contribution in [-0.2, 0) is 14.3 Å². The molecule has 0 aromatic carbocycles. The van der Waals surface area contributed by atoms with Crippen molar-refractivity contribution in [2.75, 3.05) is 26.2 Å². The van der Waals surface area contributed by atoms with Crippen LogP contribution >= 0.6 is 0 Å². The molecule has 1 atom stereocenters. The molecule has 0 aromatic rings. The summed E-state index contributed by atoms with van der Waals surface area (Å²) in [6.07, 6.45) is 4.54. The van der Waals surface area contributed by atoms with Crippen LogP contribution in [0.1, 0.15) is 52.9 Å². The monoisotopic (exact) mass is 298 g/mol. The quantitative estimate of drug-likeness (QED) is 0.550. The van der Waals surface area contributed by atoms with Crippen LogP contribution in [0, 0.1) is 5.92 Å². The van der Waals surface area contributed by atoms with E-state index in [1.165, 1.54) is 0 Å². The number of likely N-dealkylation sites (tertiary alicyclic amines) is 1. The third kappa shape index (κ3) is 5.65. The lowest BCUT2D eigenvalue weighted by atomic mass is 9.94. The predicted octanol–water partition coefficient (Wildman–Crippen LogP) is 1.96. The molecule has 0 unspecified atom stereocenters. The third-order valence-electron chi connectivity index (χ3n) is 4.12. The first-order chi connectivity index (χ1) is 10.1. The van der Waals surface area contributed by atoms with Gasteiger partial charge in [-0.3, -0.25) is 14.5 Å². The molecule has 122 valence electrons. The average molecular weight is 298 g/mol. The molecule has 1 aliphatic rings. The normalized spacial score (nSPS) is 18.2. The van der Waals surface area contributed by atoms with Gasteiger partial charge in [0, 0.05) is 12.5 Å². The van der Waals surface area contributed by atoms with E-state index >= 15 is 0 Å². The highest BCUT2D eigenvalue weighted by Gasteiger charge is 2.31. The van der Waals surface area contributed by atoms with Crippen molar-refractivity contribution in [2.45, 2.75) is 58.9 Å². The number of rotatable bonds is 8. The Hall–Kier alpha value is -1.10.